The molecule has 1 aliphatic rings. The Labute approximate surface area is 104 Å². The molecule has 2 rings (SSSR count). The first-order valence-electron chi connectivity index (χ1n) is 5.69. The number of amides is 1. The lowest BCUT2D eigenvalue weighted by atomic mass is 10.1. The zero-order chi connectivity index (χ0) is 13.1. The van der Waals surface area contributed by atoms with Crippen molar-refractivity contribution in [1.29, 1.82) is 0 Å². The first-order valence-corrected chi connectivity index (χ1v) is 5.69. The van der Waals surface area contributed by atoms with Gasteiger partial charge >= 0.3 is 0 Å². The molecule has 1 saturated heterocycles. The van der Waals surface area contributed by atoms with Gasteiger partial charge in [-0.25, -0.2) is 4.39 Å². The average Bonchev–Trinajstić information content (AvgIpc) is 2.68. The topological polar surface area (TPSA) is 69.1 Å². The van der Waals surface area contributed by atoms with Crippen LogP contribution in [0.2, 0.25) is 0 Å². The van der Waals surface area contributed by atoms with Crippen molar-refractivity contribution in [3.63, 3.8) is 0 Å². The quantitative estimate of drug-likeness (QED) is 0.460. The van der Waals surface area contributed by atoms with E-state index < -0.39 is 5.82 Å². The van der Waals surface area contributed by atoms with E-state index >= 15 is 0 Å². The van der Waals surface area contributed by atoms with Crippen molar-refractivity contribution in [2.75, 3.05) is 18.0 Å². The molecule has 1 aromatic rings. The zero-order valence-corrected chi connectivity index (χ0v) is 10.0. The fraction of sp³-hybridized carbons (Fsp3) is 0.417. The van der Waals surface area contributed by atoms with E-state index in [1.165, 1.54) is 11.0 Å². The van der Waals surface area contributed by atoms with Gasteiger partial charge in [-0.3, -0.25) is 4.79 Å². The number of azide groups is 1. The highest BCUT2D eigenvalue weighted by atomic mass is 19.1. The molecule has 0 bridgehead atoms. The highest BCUT2D eigenvalue weighted by Gasteiger charge is 2.31. The SMILES string of the molecule is Cc1ccc(N2CC(CN=[N+]=[N-])CC2=O)c(F)c1. The van der Waals surface area contributed by atoms with Gasteiger partial charge in [0.2, 0.25) is 5.91 Å². The predicted octanol–water partition coefficient (Wildman–Crippen LogP) is 2.80. The molecule has 0 radical (unpaired) electrons. The predicted molar refractivity (Wildman–Crippen MR) is 65.6 cm³/mol. The van der Waals surface area contributed by atoms with Gasteiger partial charge in [0.25, 0.3) is 0 Å². The van der Waals surface area contributed by atoms with Crippen LogP contribution >= 0.6 is 0 Å². The van der Waals surface area contributed by atoms with Crippen LogP contribution in [0.1, 0.15) is 12.0 Å². The normalized spacial score (nSPS) is 18.9. The first-order chi connectivity index (χ1) is 8.61. The van der Waals surface area contributed by atoms with Gasteiger partial charge in [0.1, 0.15) is 5.82 Å². The van der Waals surface area contributed by atoms with Crippen molar-refractivity contribution in [1.82, 2.24) is 0 Å². The molecule has 1 amide bonds. The van der Waals surface area contributed by atoms with Crippen molar-refractivity contribution in [3.8, 4) is 0 Å². The maximum absolute atomic E-state index is 13.8. The van der Waals surface area contributed by atoms with E-state index in [9.17, 15) is 9.18 Å². The standard InChI is InChI=1S/C12H13FN4O/c1-8-2-3-11(10(13)4-8)17-7-9(5-12(17)18)6-15-16-14/h2-4,9H,5-7H2,1H3. The van der Waals surface area contributed by atoms with Crippen LogP contribution in [0.25, 0.3) is 10.4 Å². The van der Waals surface area contributed by atoms with Crippen molar-refractivity contribution in [2.45, 2.75) is 13.3 Å². The number of nitrogens with zero attached hydrogens (tertiary/aromatic N) is 4. The number of carbonyl (C=O) groups is 1. The van der Waals surface area contributed by atoms with Crippen LogP contribution in [-0.4, -0.2) is 19.0 Å². The minimum absolute atomic E-state index is 0.0332. The molecule has 0 aliphatic carbocycles. The number of hydrogen-bond donors (Lipinski definition) is 0. The maximum atomic E-state index is 13.8. The van der Waals surface area contributed by atoms with Crippen LogP contribution in [-0.2, 0) is 4.79 Å². The summed E-state index contributed by atoms with van der Waals surface area (Å²) < 4.78 is 13.8. The third kappa shape index (κ3) is 2.43. The molecule has 0 aromatic heterocycles. The Morgan fingerprint density at radius 2 is 2.39 bits per heavy atom. The molecular formula is C12H13FN4O. The second-order valence-corrected chi connectivity index (χ2v) is 4.44. The lowest BCUT2D eigenvalue weighted by Crippen LogP contribution is -2.25. The van der Waals surface area contributed by atoms with E-state index in [2.05, 4.69) is 10.0 Å². The number of aryl methyl sites for hydroxylation is 1. The lowest BCUT2D eigenvalue weighted by molar-refractivity contribution is -0.117. The Morgan fingerprint density at radius 1 is 1.61 bits per heavy atom. The summed E-state index contributed by atoms with van der Waals surface area (Å²) in [5.41, 5.74) is 9.36. The number of halogens is 1. The number of hydrogen-bond acceptors (Lipinski definition) is 2. The van der Waals surface area contributed by atoms with Crippen molar-refractivity contribution in [3.05, 3.63) is 40.0 Å². The molecule has 0 N–H and O–H groups in total. The molecule has 1 atom stereocenters. The fourth-order valence-electron chi connectivity index (χ4n) is 2.12. The van der Waals surface area contributed by atoms with Gasteiger partial charge in [0.15, 0.2) is 0 Å². The van der Waals surface area contributed by atoms with E-state index in [1.807, 2.05) is 0 Å². The summed E-state index contributed by atoms with van der Waals surface area (Å²) in [6, 6.07) is 4.79. The van der Waals surface area contributed by atoms with E-state index in [0.29, 0.717) is 18.7 Å². The zero-order valence-electron chi connectivity index (χ0n) is 10.0. The summed E-state index contributed by atoms with van der Waals surface area (Å²) in [5.74, 6) is -0.558. The molecule has 1 aliphatic heterocycles. The van der Waals surface area contributed by atoms with E-state index in [0.717, 1.165) is 5.56 Å². The van der Waals surface area contributed by atoms with Gasteiger partial charge in [-0.2, -0.15) is 0 Å². The van der Waals surface area contributed by atoms with Crippen LogP contribution in [0.5, 0.6) is 0 Å². The van der Waals surface area contributed by atoms with E-state index in [4.69, 9.17) is 5.53 Å². The molecule has 5 nitrogen and oxygen atoms in total. The Kier molecular flexibility index (Phi) is 3.48. The number of carbonyl (C=O) groups excluding carboxylic acids is 1. The fourth-order valence-corrected chi connectivity index (χ4v) is 2.12. The van der Waals surface area contributed by atoms with Crippen molar-refractivity contribution in [2.24, 2.45) is 11.0 Å². The van der Waals surface area contributed by atoms with Crippen LogP contribution in [0, 0.1) is 18.7 Å². The molecule has 0 saturated carbocycles. The van der Waals surface area contributed by atoms with Gasteiger partial charge in [-0.15, -0.1) is 0 Å². The molecule has 94 valence electrons. The van der Waals surface area contributed by atoms with Crippen molar-refractivity contribution >= 4 is 11.6 Å². The van der Waals surface area contributed by atoms with Crippen molar-refractivity contribution < 1.29 is 9.18 Å². The van der Waals surface area contributed by atoms with Gasteiger partial charge in [-0.05, 0) is 36.1 Å². The van der Waals surface area contributed by atoms with Crippen LogP contribution in [0.3, 0.4) is 0 Å². The van der Waals surface area contributed by atoms with Crippen LogP contribution in [0.4, 0.5) is 10.1 Å². The van der Waals surface area contributed by atoms with Gasteiger partial charge < -0.3 is 4.90 Å². The largest absolute Gasteiger partial charge is 0.309 e. The third-order valence-electron chi connectivity index (χ3n) is 3.00. The molecular weight excluding hydrogens is 235 g/mol. The Hall–Kier alpha value is -2.07. The Bertz CT molecular complexity index is 525. The summed E-state index contributed by atoms with van der Waals surface area (Å²) in [7, 11) is 0. The monoisotopic (exact) mass is 248 g/mol. The number of rotatable bonds is 3. The first kappa shape index (κ1) is 12.4. The molecule has 6 heteroatoms. The second kappa shape index (κ2) is 5.06. The Morgan fingerprint density at radius 3 is 3.06 bits per heavy atom. The third-order valence-corrected chi connectivity index (χ3v) is 3.00. The summed E-state index contributed by atoms with van der Waals surface area (Å²) in [6.07, 6.45) is 0.298. The van der Waals surface area contributed by atoms with E-state index in [-0.39, 0.29) is 18.4 Å². The summed E-state index contributed by atoms with van der Waals surface area (Å²) in [4.78, 5) is 15.9. The van der Waals surface area contributed by atoms with E-state index in [1.54, 1.807) is 19.1 Å². The molecule has 1 unspecified atom stereocenters. The molecule has 18 heavy (non-hydrogen) atoms. The smallest absolute Gasteiger partial charge is 0.227 e. The Balaban J connectivity index is 2.18. The molecule has 1 heterocycles. The summed E-state index contributed by atoms with van der Waals surface area (Å²) in [5, 5.41) is 3.46. The summed E-state index contributed by atoms with van der Waals surface area (Å²) >= 11 is 0. The number of anilines is 1. The highest BCUT2D eigenvalue weighted by Crippen LogP contribution is 2.28. The van der Waals surface area contributed by atoms with Gasteiger partial charge in [0, 0.05) is 24.4 Å². The minimum atomic E-state index is -0.396. The second-order valence-electron chi connectivity index (χ2n) is 4.44. The average molecular weight is 248 g/mol. The summed E-state index contributed by atoms with van der Waals surface area (Å²) in [6.45, 7) is 2.47. The minimum Gasteiger partial charge on any atom is -0.309 e. The molecule has 0 spiro atoms. The van der Waals surface area contributed by atoms with Crippen LogP contribution < -0.4 is 4.90 Å². The van der Waals surface area contributed by atoms with Gasteiger partial charge in [0.05, 0.1) is 5.69 Å². The van der Waals surface area contributed by atoms with Gasteiger partial charge in [-0.1, -0.05) is 11.2 Å². The lowest BCUT2D eigenvalue weighted by Gasteiger charge is -2.17. The number of benzene rings is 1. The molecule has 1 aromatic carbocycles. The molecule has 1 fully saturated rings. The van der Waals surface area contributed by atoms with Crippen LogP contribution in [0.15, 0.2) is 23.3 Å². The highest BCUT2D eigenvalue weighted by molar-refractivity contribution is 5.95. The maximum Gasteiger partial charge on any atom is 0.227 e.